The Balaban J connectivity index is 1.62. The van der Waals surface area contributed by atoms with E-state index in [0.717, 1.165) is 0 Å². The number of nitrogens with zero attached hydrogens (tertiary/aromatic N) is 3. The summed E-state index contributed by atoms with van der Waals surface area (Å²) in [7, 11) is 2.69. The van der Waals surface area contributed by atoms with Crippen LogP contribution < -0.4 is 14.8 Å². The summed E-state index contributed by atoms with van der Waals surface area (Å²) in [6.45, 7) is 7.02. The van der Waals surface area contributed by atoms with Crippen LogP contribution in [-0.2, 0) is 25.0 Å². The Hall–Kier alpha value is -4.03. The minimum absolute atomic E-state index is 0.0222. The van der Waals surface area contributed by atoms with Crippen molar-refractivity contribution in [2.45, 2.75) is 83.6 Å². The molecule has 45 heavy (non-hydrogen) atoms. The molecule has 6 atom stereocenters. The minimum atomic E-state index is -3.47. The van der Waals surface area contributed by atoms with E-state index in [0.29, 0.717) is 25.0 Å². The number of carbonyl (C=O) groups is 3. The number of aromatic nitrogens is 2. The van der Waals surface area contributed by atoms with E-state index in [-0.39, 0.29) is 23.5 Å². The first-order chi connectivity index (χ1) is 21.3. The molecule has 1 aliphatic carbocycles. The van der Waals surface area contributed by atoms with Crippen molar-refractivity contribution in [3.63, 3.8) is 0 Å². The van der Waals surface area contributed by atoms with Gasteiger partial charge in [-0.3, -0.25) is 4.79 Å². The number of halogens is 2. The average Bonchev–Trinajstić information content (AvgIpc) is 3.62. The fraction of sp³-hybridized carbons (Fsp3) is 0.594. The van der Waals surface area contributed by atoms with Crippen molar-refractivity contribution in [2.24, 2.45) is 17.3 Å². The lowest BCUT2D eigenvalue weighted by Gasteiger charge is -2.35. The number of esters is 1. The lowest BCUT2D eigenvalue weighted by atomic mass is 9.85. The molecule has 0 spiro atoms. The van der Waals surface area contributed by atoms with Crippen molar-refractivity contribution in [3.05, 3.63) is 36.0 Å². The summed E-state index contributed by atoms with van der Waals surface area (Å²) in [6.07, 6.45) is 1.66. The SMILES string of the molecule is CC[C@@H]1C2CN(C(=O)[C@H](C(C)(C)C)NC(=O)OC3C[C@H]3C/C=C/CC(F)(F)c3nc4ccc(OC)cc4nc3O2)[C@@H]1C(=O)OC. The van der Waals surface area contributed by atoms with Gasteiger partial charge in [-0.05, 0) is 36.8 Å². The molecule has 3 heterocycles. The number of amides is 2. The van der Waals surface area contributed by atoms with E-state index in [1.165, 1.54) is 25.2 Å². The molecule has 3 aliphatic rings. The average molecular weight is 631 g/mol. The summed E-state index contributed by atoms with van der Waals surface area (Å²) in [4.78, 5) is 50.4. The second kappa shape index (κ2) is 12.4. The number of alkyl carbamates (subject to hydrolysis) is 1. The monoisotopic (exact) mass is 630 g/mol. The normalized spacial score (nSPS) is 29.2. The largest absolute Gasteiger partial charge is 0.497 e. The zero-order chi connectivity index (χ0) is 32.7. The Labute approximate surface area is 260 Å². The summed E-state index contributed by atoms with van der Waals surface area (Å²) in [5.41, 5.74) is -0.913. The third-order valence-electron chi connectivity index (χ3n) is 8.71. The molecule has 2 unspecified atom stereocenters. The summed E-state index contributed by atoms with van der Waals surface area (Å²) in [5.74, 6) is -5.30. The molecule has 5 rings (SSSR count). The Morgan fingerprint density at radius 3 is 2.53 bits per heavy atom. The molecule has 2 aromatic rings. The zero-order valence-corrected chi connectivity index (χ0v) is 26.3. The molecule has 2 aliphatic heterocycles. The van der Waals surface area contributed by atoms with Gasteiger partial charge < -0.3 is 29.2 Å². The van der Waals surface area contributed by atoms with Crippen molar-refractivity contribution in [1.82, 2.24) is 20.2 Å². The first-order valence-electron chi connectivity index (χ1n) is 15.2. The number of hydrogen-bond donors (Lipinski definition) is 1. The molecule has 1 saturated carbocycles. The summed E-state index contributed by atoms with van der Waals surface area (Å²) in [5, 5.41) is 2.72. The number of rotatable bonds is 3. The second-order valence-electron chi connectivity index (χ2n) is 12.9. The quantitative estimate of drug-likeness (QED) is 0.377. The maximum absolute atomic E-state index is 15.9. The van der Waals surface area contributed by atoms with Crippen LogP contribution in [0.3, 0.4) is 0 Å². The highest BCUT2D eigenvalue weighted by atomic mass is 19.3. The number of hydrogen-bond acceptors (Lipinski definition) is 9. The molecule has 2 amide bonds. The van der Waals surface area contributed by atoms with Gasteiger partial charge in [-0.1, -0.05) is 39.8 Å². The molecule has 1 saturated heterocycles. The number of carbonyl (C=O) groups excluding carboxylic acids is 3. The topological polar surface area (TPSA) is 129 Å². The first-order valence-corrected chi connectivity index (χ1v) is 15.2. The lowest BCUT2D eigenvalue weighted by Crippen LogP contribution is -2.57. The molecule has 1 aromatic carbocycles. The van der Waals surface area contributed by atoms with Gasteiger partial charge in [-0.2, -0.15) is 8.78 Å². The molecule has 2 bridgehead atoms. The second-order valence-corrected chi connectivity index (χ2v) is 12.9. The van der Waals surface area contributed by atoms with Crippen LogP contribution in [0.2, 0.25) is 0 Å². The fourth-order valence-electron chi connectivity index (χ4n) is 6.06. The summed E-state index contributed by atoms with van der Waals surface area (Å²) >= 11 is 0. The highest BCUT2D eigenvalue weighted by Gasteiger charge is 2.52. The Kier molecular flexibility index (Phi) is 8.92. The van der Waals surface area contributed by atoms with Crippen molar-refractivity contribution < 1.29 is 42.1 Å². The van der Waals surface area contributed by atoms with E-state index in [2.05, 4.69) is 15.3 Å². The van der Waals surface area contributed by atoms with E-state index in [4.69, 9.17) is 18.9 Å². The predicted molar refractivity (Wildman–Crippen MR) is 159 cm³/mol. The van der Waals surface area contributed by atoms with Crippen LogP contribution in [0, 0.1) is 17.3 Å². The molecule has 1 N–H and O–H groups in total. The Morgan fingerprint density at radius 1 is 1.11 bits per heavy atom. The number of allylic oxidation sites excluding steroid dienone is 2. The molecule has 0 radical (unpaired) electrons. The Bertz CT molecular complexity index is 1490. The van der Waals surface area contributed by atoms with Gasteiger partial charge in [0.1, 0.15) is 30.0 Å². The molecule has 11 nitrogen and oxygen atoms in total. The summed E-state index contributed by atoms with van der Waals surface area (Å²) < 4.78 is 54.0. The zero-order valence-electron chi connectivity index (χ0n) is 26.3. The molecule has 1 aromatic heterocycles. The third-order valence-corrected chi connectivity index (χ3v) is 8.71. The van der Waals surface area contributed by atoms with Gasteiger partial charge >= 0.3 is 12.1 Å². The van der Waals surface area contributed by atoms with Gasteiger partial charge in [-0.15, -0.1) is 0 Å². The fourth-order valence-corrected chi connectivity index (χ4v) is 6.06. The van der Waals surface area contributed by atoms with Crippen molar-refractivity contribution in [3.8, 4) is 11.6 Å². The van der Waals surface area contributed by atoms with Gasteiger partial charge in [0.15, 0.2) is 5.69 Å². The number of fused-ring (bicyclic) bond motifs is 5. The maximum Gasteiger partial charge on any atom is 0.408 e. The van der Waals surface area contributed by atoms with Crippen molar-refractivity contribution in [2.75, 3.05) is 20.8 Å². The smallest absolute Gasteiger partial charge is 0.408 e. The Morgan fingerprint density at radius 2 is 1.87 bits per heavy atom. The third kappa shape index (κ3) is 6.67. The van der Waals surface area contributed by atoms with Gasteiger partial charge in [0.25, 0.3) is 5.92 Å². The van der Waals surface area contributed by atoms with Gasteiger partial charge in [0.05, 0.1) is 31.8 Å². The summed E-state index contributed by atoms with van der Waals surface area (Å²) in [6, 6.07) is 2.55. The highest BCUT2D eigenvalue weighted by molar-refractivity contribution is 5.91. The van der Waals surface area contributed by atoms with Crippen LogP contribution in [-0.4, -0.2) is 77.9 Å². The van der Waals surface area contributed by atoms with E-state index < -0.39 is 77.5 Å². The predicted octanol–water partition coefficient (Wildman–Crippen LogP) is 4.77. The van der Waals surface area contributed by atoms with Gasteiger partial charge in [0, 0.05) is 24.3 Å². The van der Waals surface area contributed by atoms with Crippen LogP contribution >= 0.6 is 0 Å². The van der Waals surface area contributed by atoms with E-state index in [1.54, 1.807) is 52.0 Å². The number of ether oxygens (including phenoxy) is 4. The van der Waals surface area contributed by atoms with Crippen LogP contribution in [0.1, 0.15) is 59.1 Å². The maximum atomic E-state index is 15.9. The van der Waals surface area contributed by atoms with Crippen LogP contribution in [0.25, 0.3) is 11.0 Å². The molecule has 2 fully saturated rings. The number of benzene rings is 1. The van der Waals surface area contributed by atoms with Crippen LogP contribution in [0.15, 0.2) is 30.4 Å². The minimum Gasteiger partial charge on any atom is -0.497 e. The molecular weight excluding hydrogens is 590 g/mol. The van der Waals surface area contributed by atoms with E-state index >= 15 is 8.78 Å². The first kappa shape index (κ1) is 32.4. The number of methoxy groups -OCH3 is 2. The standard InChI is InChI=1S/C32H40F2N4O7/c1-7-19-23-16-38(24(19)29(40)43-6)28(39)26(31(2,3)4)37-30(41)45-22-14-17(22)10-8-9-13-32(33,34)25-27(44-23)36-21-15-18(42-5)11-12-20(21)35-25/h8-9,11-12,15,17,19,22-24,26H,7,10,13-14,16H2,1-6H3,(H,37,41)/b9-8+/t17-,19-,22?,23?,24+,26-/m1/s1. The van der Waals surface area contributed by atoms with Crippen LogP contribution in [0.5, 0.6) is 11.6 Å². The van der Waals surface area contributed by atoms with Crippen LogP contribution in [0.4, 0.5) is 13.6 Å². The van der Waals surface area contributed by atoms with Crippen molar-refractivity contribution in [1.29, 1.82) is 0 Å². The van der Waals surface area contributed by atoms with Crippen molar-refractivity contribution >= 4 is 29.0 Å². The molecular formula is C32H40F2N4O7. The number of alkyl halides is 2. The van der Waals surface area contributed by atoms with E-state index in [1.807, 2.05) is 0 Å². The van der Waals surface area contributed by atoms with E-state index in [9.17, 15) is 14.4 Å². The lowest BCUT2D eigenvalue weighted by molar-refractivity contribution is -0.154. The number of nitrogens with one attached hydrogen (secondary N) is 1. The molecule has 13 heteroatoms. The van der Waals surface area contributed by atoms with Gasteiger partial charge in [0.2, 0.25) is 11.8 Å². The van der Waals surface area contributed by atoms with Gasteiger partial charge in [-0.25, -0.2) is 19.6 Å². The highest BCUT2D eigenvalue weighted by Crippen LogP contribution is 2.42. The molecule has 244 valence electrons.